The Kier molecular flexibility index (Phi) is 5.81. The summed E-state index contributed by atoms with van der Waals surface area (Å²) in [5, 5.41) is 2.71. The molecule has 0 spiro atoms. The Morgan fingerprint density at radius 3 is 2.61 bits per heavy atom. The zero-order valence-electron chi connectivity index (χ0n) is 13.4. The molecule has 1 aromatic heterocycles. The molecule has 0 saturated carbocycles. The van der Waals surface area contributed by atoms with E-state index in [0.717, 1.165) is 21.5 Å². The van der Waals surface area contributed by atoms with Crippen LogP contribution in [0, 0.1) is 17.4 Å². The maximum absolute atomic E-state index is 12.1. The number of aromatic nitrogens is 1. The van der Waals surface area contributed by atoms with Crippen molar-refractivity contribution in [3.63, 3.8) is 0 Å². The molecule has 0 bridgehead atoms. The van der Waals surface area contributed by atoms with Gasteiger partial charge in [-0.3, -0.25) is 4.79 Å². The maximum atomic E-state index is 12.1. The van der Waals surface area contributed by atoms with Crippen LogP contribution in [0.4, 0.5) is 5.69 Å². The largest absolute Gasteiger partial charge is 0.452 e. The Morgan fingerprint density at radius 2 is 2.00 bits per heavy atom. The average Bonchev–Trinajstić information content (AvgIpc) is 2.79. The summed E-state index contributed by atoms with van der Waals surface area (Å²) in [6.45, 7) is 6.32. The summed E-state index contributed by atoms with van der Waals surface area (Å²) in [5.74, 6) is -0.833. The molecule has 0 fully saturated rings. The summed E-state index contributed by atoms with van der Waals surface area (Å²) in [5.41, 5.74) is 3.04. The third-order valence-corrected chi connectivity index (χ3v) is 4.22. The van der Waals surface area contributed by atoms with Crippen molar-refractivity contribution >= 4 is 40.2 Å². The Morgan fingerprint density at radius 1 is 1.26 bits per heavy atom. The van der Waals surface area contributed by atoms with E-state index in [1.54, 1.807) is 12.1 Å². The zero-order chi connectivity index (χ0) is 17.0. The monoisotopic (exact) mass is 426 g/mol. The third-order valence-electron chi connectivity index (χ3n) is 3.55. The highest BCUT2D eigenvalue weighted by Gasteiger charge is 2.17. The average molecular weight is 426 g/mol. The Balaban J connectivity index is 1.95. The van der Waals surface area contributed by atoms with Crippen molar-refractivity contribution < 1.29 is 14.3 Å². The molecule has 2 aromatic rings. The molecule has 0 radical (unpaired) electrons. The summed E-state index contributed by atoms with van der Waals surface area (Å²) in [4.78, 5) is 24.0. The number of carbonyl (C=O) groups is 2. The molecular formula is C17H19IN2O3. The van der Waals surface area contributed by atoms with E-state index in [4.69, 9.17) is 4.74 Å². The van der Waals surface area contributed by atoms with Crippen LogP contribution in [0.1, 0.15) is 28.7 Å². The fourth-order valence-corrected chi connectivity index (χ4v) is 3.01. The van der Waals surface area contributed by atoms with E-state index in [9.17, 15) is 9.59 Å². The fourth-order valence-electron chi connectivity index (χ4n) is 2.47. The van der Waals surface area contributed by atoms with E-state index in [1.165, 1.54) is 0 Å². The van der Waals surface area contributed by atoms with Crippen LogP contribution < -0.4 is 5.32 Å². The van der Waals surface area contributed by atoms with Crippen LogP contribution in [0.5, 0.6) is 0 Å². The molecule has 1 N–H and O–H groups in total. The number of aryl methyl sites for hydroxylation is 1. The predicted octanol–water partition coefficient (Wildman–Crippen LogP) is 3.52. The van der Waals surface area contributed by atoms with Gasteiger partial charge in [0.05, 0.1) is 5.56 Å². The topological polar surface area (TPSA) is 60.3 Å². The summed E-state index contributed by atoms with van der Waals surface area (Å²) >= 11 is 2.17. The van der Waals surface area contributed by atoms with E-state index in [-0.39, 0.29) is 12.5 Å². The van der Waals surface area contributed by atoms with Gasteiger partial charge in [0.1, 0.15) is 0 Å². The van der Waals surface area contributed by atoms with Crippen molar-refractivity contribution in [3.8, 4) is 0 Å². The summed E-state index contributed by atoms with van der Waals surface area (Å²) in [6.07, 6.45) is 0. The standard InChI is InChI=1S/C17H19IN2O3/c1-4-20-11(2)8-15(12(20)3)17(22)23-10-16(21)19-14-7-5-6-13(18)9-14/h5-9H,4,10H2,1-3H3,(H,19,21). The van der Waals surface area contributed by atoms with E-state index >= 15 is 0 Å². The second-order valence-electron chi connectivity index (χ2n) is 5.16. The second-order valence-corrected chi connectivity index (χ2v) is 6.41. The number of nitrogens with one attached hydrogen (secondary N) is 1. The molecule has 122 valence electrons. The summed E-state index contributed by atoms with van der Waals surface area (Å²) in [7, 11) is 0. The Bertz CT molecular complexity index is 737. The number of halogens is 1. The van der Waals surface area contributed by atoms with Crippen LogP contribution in [-0.2, 0) is 16.1 Å². The van der Waals surface area contributed by atoms with Gasteiger partial charge in [-0.25, -0.2) is 4.79 Å². The number of hydrogen-bond donors (Lipinski definition) is 1. The molecule has 6 heteroatoms. The van der Waals surface area contributed by atoms with E-state index in [1.807, 2.05) is 43.5 Å². The summed E-state index contributed by atoms with van der Waals surface area (Å²) < 4.78 is 8.17. The molecule has 1 aromatic carbocycles. The first-order valence-electron chi connectivity index (χ1n) is 7.31. The van der Waals surface area contributed by atoms with Gasteiger partial charge in [0.15, 0.2) is 6.61 Å². The molecule has 2 rings (SSSR count). The number of nitrogens with zero attached hydrogens (tertiary/aromatic N) is 1. The van der Waals surface area contributed by atoms with Crippen molar-refractivity contribution in [1.29, 1.82) is 0 Å². The Labute approximate surface area is 149 Å². The third kappa shape index (κ3) is 4.34. The molecule has 0 aliphatic carbocycles. The van der Waals surface area contributed by atoms with Crippen LogP contribution in [0.3, 0.4) is 0 Å². The summed E-state index contributed by atoms with van der Waals surface area (Å²) in [6, 6.07) is 9.20. The number of ether oxygens (including phenoxy) is 1. The normalized spacial score (nSPS) is 10.4. The van der Waals surface area contributed by atoms with E-state index in [0.29, 0.717) is 11.3 Å². The van der Waals surface area contributed by atoms with Gasteiger partial charge in [-0.05, 0) is 67.6 Å². The minimum Gasteiger partial charge on any atom is -0.452 e. The highest BCUT2D eigenvalue weighted by molar-refractivity contribution is 14.1. The minimum absolute atomic E-state index is 0.305. The van der Waals surface area contributed by atoms with Crippen LogP contribution in [0.15, 0.2) is 30.3 Å². The number of anilines is 1. The van der Waals surface area contributed by atoms with E-state index in [2.05, 4.69) is 27.9 Å². The van der Waals surface area contributed by atoms with Gasteiger partial charge < -0.3 is 14.6 Å². The van der Waals surface area contributed by atoms with Crippen LogP contribution in [0.2, 0.25) is 0 Å². The SMILES string of the molecule is CCn1c(C)cc(C(=O)OCC(=O)Nc2cccc(I)c2)c1C. The molecule has 1 amide bonds. The molecule has 1 heterocycles. The molecule has 23 heavy (non-hydrogen) atoms. The van der Waals surface area contributed by atoms with Crippen molar-refractivity contribution in [1.82, 2.24) is 4.57 Å². The molecular weight excluding hydrogens is 407 g/mol. The first kappa shape index (κ1) is 17.5. The zero-order valence-corrected chi connectivity index (χ0v) is 15.5. The minimum atomic E-state index is -0.476. The lowest BCUT2D eigenvalue weighted by Gasteiger charge is -2.08. The number of esters is 1. The predicted molar refractivity (Wildman–Crippen MR) is 97.7 cm³/mol. The highest BCUT2D eigenvalue weighted by atomic mass is 127. The number of amides is 1. The smallest absolute Gasteiger partial charge is 0.340 e. The quantitative estimate of drug-likeness (QED) is 0.588. The molecule has 0 aliphatic heterocycles. The molecule has 0 atom stereocenters. The lowest BCUT2D eigenvalue weighted by molar-refractivity contribution is -0.119. The van der Waals surface area contributed by atoms with Crippen molar-refractivity contribution in [2.75, 3.05) is 11.9 Å². The highest BCUT2D eigenvalue weighted by Crippen LogP contribution is 2.16. The van der Waals surface area contributed by atoms with Gasteiger partial charge in [-0.1, -0.05) is 6.07 Å². The fraction of sp³-hybridized carbons (Fsp3) is 0.294. The van der Waals surface area contributed by atoms with Crippen molar-refractivity contribution in [3.05, 3.63) is 50.9 Å². The second kappa shape index (κ2) is 7.63. The van der Waals surface area contributed by atoms with Gasteiger partial charge in [0, 0.05) is 27.2 Å². The van der Waals surface area contributed by atoms with E-state index < -0.39 is 5.97 Å². The molecule has 0 aliphatic rings. The molecule has 5 nitrogen and oxygen atoms in total. The van der Waals surface area contributed by atoms with Gasteiger partial charge >= 0.3 is 5.97 Å². The first-order valence-corrected chi connectivity index (χ1v) is 8.39. The number of carbonyl (C=O) groups excluding carboxylic acids is 2. The number of hydrogen-bond acceptors (Lipinski definition) is 3. The number of rotatable bonds is 5. The Hall–Kier alpha value is -1.83. The first-order chi connectivity index (χ1) is 10.9. The molecule has 0 unspecified atom stereocenters. The molecule has 0 saturated heterocycles. The van der Waals surface area contributed by atoms with Crippen LogP contribution in [0.25, 0.3) is 0 Å². The van der Waals surface area contributed by atoms with Crippen molar-refractivity contribution in [2.45, 2.75) is 27.3 Å². The van der Waals surface area contributed by atoms with Crippen molar-refractivity contribution in [2.24, 2.45) is 0 Å². The van der Waals surface area contributed by atoms with Gasteiger partial charge in [0.25, 0.3) is 5.91 Å². The van der Waals surface area contributed by atoms with Gasteiger partial charge in [-0.2, -0.15) is 0 Å². The lowest BCUT2D eigenvalue weighted by Crippen LogP contribution is -2.21. The maximum Gasteiger partial charge on any atom is 0.340 e. The van der Waals surface area contributed by atoms with Gasteiger partial charge in [-0.15, -0.1) is 0 Å². The lowest BCUT2D eigenvalue weighted by atomic mass is 10.2. The van der Waals surface area contributed by atoms with Crippen LogP contribution in [-0.4, -0.2) is 23.1 Å². The van der Waals surface area contributed by atoms with Gasteiger partial charge in [0.2, 0.25) is 0 Å². The van der Waals surface area contributed by atoms with Crippen LogP contribution >= 0.6 is 22.6 Å². The number of benzene rings is 1.